The van der Waals surface area contributed by atoms with Gasteiger partial charge < -0.3 is 15.5 Å². The van der Waals surface area contributed by atoms with E-state index in [0.29, 0.717) is 17.1 Å². The smallest absolute Gasteiger partial charge is 0.231 e. The number of fused-ring (bicyclic) bond motifs is 3. The largest absolute Gasteiger partial charge is 0.358 e. The zero-order valence-corrected chi connectivity index (χ0v) is 12.3. The van der Waals surface area contributed by atoms with Gasteiger partial charge in [0, 0.05) is 18.0 Å². The second-order valence-corrected chi connectivity index (χ2v) is 6.83. The van der Waals surface area contributed by atoms with E-state index in [4.69, 9.17) is 12.2 Å². The van der Waals surface area contributed by atoms with Gasteiger partial charge in [-0.15, -0.1) is 0 Å². The zero-order valence-electron chi connectivity index (χ0n) is 11.5. The maximum atomic E-state index is 11.8. The van der Waals surface area contributed by atoms with Crippen molar-refractivity contribution in [2.75, 3.05) is 19.6 Å². The Hall–Kier alpha value is -0.680. The maximum Gasteiger partial charge on any atom is 0.231 e. The van der Waals surface area contributed by atoms with Gasteiger partial charge in [0.15, 0.2) is 5.11 Å². The normalized spacial score (nSPS) is 30.9. The standard InChI is InChI=1S/C13H23N3OS/c1-13(2,3)11(17)15-12(18)14-10-8-16-6-4-9(10)5-7-16/h9-10H,4-8H2,1-3H3,(H2,14,15,17,18). The van der Waals surface area contributed by atoms with E-state index in [9.17, 15) is 4.79 Å². The molecule has 102 valence electrons. The molecule has 2 N–H and O–H groups in total. The van der Waals surface area contributed by atoms with Crippen molar-refractivity contribution in [2.45, 2.75) is 39.7 Å². The number of rotatable bonds is 1. The van der Waals surface area contributed by atoms with Crippen molar-refractivity contribution in [3.63, 3.8) is 0 Å². The van der Waals surface area contributed by atoms with Crippen LogP contribution in [0.15, 0.2) is 0 Å². The predicted octanol–water partition coefficient (Wildman–Crippen LogP) is 1.12. The van der Waals surface area contributed by atoms with E-state index in [1.54, 1.807) is 0 Å². The fourth-order valence-corrected chi connectivity index (χ4v) is 2.87. The summed E-state index contributed by atoms with van der Waals surface area (Å²) in [6.45, 7) is 9.14. The molecule has 0 radical (unpaired) electrons. The molecular formula is C13H23N3OS. The number of nitrogens with one attached hydrogen (secondary N) is 2. The first-order chi connectivity index (χ1) is 8.36. The van der Waals surface area contributed by atoms with Gasteiger partial charge in [0.2, 0.25) is 5.91 Å². The van der Waals surface area contributed by atoms with Gasteiger partial charge in [-0.2, -0.15) is 0 Å². The van der Waals surface area contributed by atoms with E-state index in [0.717, 1.165) is 6.54 Å². The fourth-order valence-electron chi connectivity index (χ4n) is 2.62. The van der Waals surface area contributed by atoms with Crippen molar-refractivity contribution in [3.8, 4) is 0 Å². The summed E-state index contributed by atoms with van der Waals surface area (Å²) in [5.41, 5.74) is -0.402. The molecule has 3 fully saturated rings. The molecule has 1 atom stereocenters. The third-order valence-corrected chi connectivity index (χ3v) is 4.10. The summed E-state index contributed by atoms with van der Waals surface area (Å²) < 4.78 is 0. The topological polar surface area (TPSA) is 44.4 Å². The molecule has 3 heterocycles. The lowest BCUT2D eigenvalue weighted by Gasteiger charge is -2.45. The highest BCUT2D eigenvalue weighted by molar-refractivity contribution is 7.80. The molecule has 3 aliphatic heterocycles. The van der Waals surface area contributed by atoms with Gasteiger partial charge in [-0.3, -0.25) is 4.79 Å². The summed E-state index contributed by atoms with van der Waals surface area (Å²) in [7, 11) is 0. The molecule has 0 aromatic carbocycles. The summed E-state index contributed by atoms with van der Waals surface area (Å²) in [6.07, 6.45) is 2.49. The van der Waals surface area contributed by atoms with Crippen LogP contribution in [-0.4, -0.2) is 41.6 Å². The van der Waals surface area contributed by atoms with Gasteiger partial charge in [0.25, 0.3) is 0 Å². The third kappa shape index (κ3) is 3.20. The Morgan fingerprint density at radius 2 is 1.89 bits per heavy atom. The van der Waals surface area contributed by atoms with Crippen molar-refractivity contribution >= 4 is 23.2 Å². The highest BCUT2D eigenvalue weighted by atomic mass is 32.1. The van der Waals surface area contributed by atoms with Crippen LogP contribution in [0.25, 0.3) is 0 Å². The summed E-state index contributed by atoms with van der Waals surface area (Å²) in [5.74, 6) is 0.681. The highest BCUT2D eigenvalue weighted by Crippen LogP contribution is 2.27. The minimum Gasteiger partial charge on any atom is -0.358 e. The van der Waals surface area contributed by atoms with Crippen molar-refractivity contribution in [1.29, 1.82) is 0 Å². The van der Waals surface area contributed by atoms with Crippen LogP contribution in [0.5, 0.6) is 0 Å². The fraction of sp³-hybridized carbons (Fsp3) is 0.846. The molecule has 3 aliphatic rings. The molecule has 4 nitrogen and oxygen atoms in total. The van der Waals surface area contributed by atoms with Gasteiger partial charge in [-0.05, 0) is 44.1 Å². The van der Waals surface area contributed by atoms with Gasteiger partial charge in [-0.25, -0.2) is 0 Å². The average Bonchev–Trinajstić information content (AvgIpc) is 2.29. The number of amides is 1. The van der Waals surface area contributed by atoms with Crippen LogP contribution in [0.3, 0.4) is 0 Å². The SMILES string of the molecule is CC(C)(C)C(=O)NC(=S)NC1CN2CCC1CC2. The van der Waals surface area contributed by atoms with Crippen molar-refractivity contribution in [3.05, 3.63) is 0 Å². The molecule has 3 rings (SSSR count). The van der Waals surface area contributed by atoms with E-state index in [1.165, 1.54) is 25.9 Å². The molecular weight excluding hydrogens is 246 g/mol. The second kappa shape index (κ2) is 5.13. The average molecular weight is 269 g/mol. The number of nitrogens with zero attached hydrogens (tertiary/aromatic N) is 1. The van der Waals surface area contributed by atoms with E-state index in [2.05, 4.69) is 15.5 Å². The van der Waals surface area contributed by atoms with Crippen LogP contribution >= 0.6 is 12.2 Å². The zero-order chi connectivity index (χ0) is 13.3. The number of thiocarbonyl (C=S) groups is 1. The number of carbonyl (C=O) groups is 1. The first-order valence-electron chi connectivity index (χ1n) is 6.70. The molecule has 0 aromatic heterocycles. The second-order valence-electron chi connectivity index (χ2n) is 6.42. The molecule has 0 saturated carbocycles. The minimum atomic E-state index is -0.402. The summed E-state index contributed by atoms with van der Waals surface area (Å²) in [6, 6.07) is 0.403. The third-order valence-electron chi connectivity index (χ3n) is 3.88. The van der Waals surface area contributed by atoms with Crippen molar-refractivity contribution < 1.29 is 4.79 Å². The monoisotopic (exact) mass is 269 g/mol. The Bertz CT molecular complexity index is 343. The minimum absolute atomic E-state index is 0.0266. The number of piperidine rings is 3. The molecule has 2 bridgehead atoms. The molecule has 3 saturated heterocycles. The first kappa shape index (κ1) is 13.7. The highest BCUT2D eigenvalue weighted by Gasteiger charge is 2.34. The van der Waals surface area contributed by atoms with E-state index >= 15 is 0 Å². The molecule has 0 spiro atoms. The quantitative estimate of drug-likeness (QED) is 0.700. The lowest BCUT2D eigenvalue weighted by Crippen LogP contribution is -2.59. The van der Waals surface area contributed by atoms with Gasteiger partial charge in [-0.1, -0.05) is 20.8 Å². The summed E-state index contributed by atoms with van der Waals surface area (Å²) >= 11 is 5.23. The van der Waals surface area contributed by atoms with Crippen molar-refractivity contribution in [1.82, 2.24) is 15.5 Å². The Labute approximate surface area is 114 Å². The van der Waals surface area contributed by atoms with Crippen LogP contribution in [-0.2, 0) is 4.79 Å². The van der Waals surface area contributed by atoms with Crippen LogP contribution < -0.4 is 10.6 Å². The van der Waals surface area contributed by atoms with Crippen LogP contribution in [0.1, 0.15) is 33.6 Å². The van der Waals surface area contributed by atoms with Crippen LogP contribution in [0.2, 0.25) is 0 Å². The van der Waals surface area contributed by atoms with E-state index in [1.807, 2.05) is 20.8 Å². The van der Waals surface area contributed by atoms with Crippen LogP contribution in [0, 0.1) is 11.3 Å². The van der Waals surface area contributed by atoms with E-state index in [-0.39, 0.29) is 5.91 Å². The number of carbonyl (C=O) groups excluding carboxylic acids is 1. The molecule has 0 aromatic rings. The van der Waals surface area contributed by atoms with Gasteiger partial charge in [0.05, 0.1) is 0 Å². The van der Waals surface area contributed by atoms with Crippen molar-refractivity contribution in [2.24, 2.45) is 11.3 Å². The lowest BCUT2D eigenvalue weighted by molar-refractivity contribution is -0.127. The molecule has 1 unspecified atom stereocenters. The molecule has 0 aliphatic carbocycles. The first-order valence-corrected chi connectivity index (χ1v) is 7.11. The molecule has 18 heavy (non-hydrogen) atoms. The Kier molecular flexibility index (Phi) is 3.92. The Balaban J connectivity index is 1.83. The molecule has 1 amide bonds. The Morgan fingerprint density at radius 3 is 2.33 bits per heavy atom. The number of hydrogen-bond donors (Lipinski definition) is 2. The lowest BCUT2D eigenvalue weighted by atomic mass is 9.84. The number of hydrogen-bond acceptors (Lipinski definition) is 3. The summed E-state index contributed by atoms with van der Waals surface area (Å²) in [4.78, 5) is 14.3. The Morgan fingerprint density at radius 1 is 1.28 bits per heavy atom. The summed E-state index contributed by atoms with van der Waals surface area (Å²) in [5, 5.41) is 6.58. The van der Waals surface area contributed by atoms with Gasteiger partial charge >= 0.3 is 0 Å². The van der Waals surface area contributed by atoms with E-state index < -0.39 is 5.41 Å². The van der Waals surface area contributed by atoms with Crippen LogP contribution in [0.4, 0.5) is 0 Å². The maximum absolute atomic E-state index is 11.8. The predicted molar refractivity (Wildman–Crippen MR) is 76.3 cm³/mol. The molecule has 5 heteroatoms. The van der Waals surface area contributed by atoms with Gasteiger partial charge in [0.1, 0.15) is 0 Å².